The van der Waals surface area contributed by atoms with E-state index in [2.05, 4.69) is 4.98 Å². The van der Waals surface area contributed by atoms with Gasteiger partial charge in [-0.1, -0.05) is 18.2 Å². The number of alkyl halides is 3. The lowest BCUT2D eigenvalue weighted by Gasteiger charge is -2.18. The van der Waals surface area contributed by atoms with Crippen LogP contribution in [0.1, 0.15) is 16.7 Å². The first-order valence-corrected chi connectivity index (χ1v) is 10.9. The minimum Gasteiger partial charge on any atom is -0.393 e. The lowest BCUT2D eigenvalue weighted by molar-refractivity contribution is -0.137. The van der Waals surface area contributed by atoms with Crippen molar-refractivity contribution in [2.24, 2.45) is 0 Å². The molecule has 32 heavy (non-hydrogen) atoms. The highest BCUT2D eigenvalue weighted by Crippen LogP contribution is 2.42. The Morgan fingerprint density at radius 1 is 1.03 bits per heavy atom. The van der Waals surface area contributed by atoms with Crippen molar-refractivity contribution in [3.05, 3.63) is 83.7 Å². The first-order chi connectivity index (χ1) is 15.1. The van der Waals surface area contributed by atoms with Gasteiger partial charge in [-0.15, -0.1) is 0 Å². The van der Waals surface area contributed by atoms with Crippen LogP contribution in [0.15, 0.2) is 71.9 Å². The minimum atomic E-state index is -4.64. The van der Waals surface area contributed by atoms with Crippen molar-refractivity contribution in [3.8, 4) is 17.0 Å². The third-order valence-corrected chi connectivity index (χ3v) is 6.16. The molecule has 0 aliphatic rings. The molecule has 0 aliphatic heterocycles. The van der Waals surface area contributed by atoms with Crippen molar-refractivity contribution in [2.45, 2.75) is 24.9 Å². The number of fused-ring (bicyclic) bond motifs is 1. The molecule has 2 aromatic heterocycles. The summed E-state index contributed by atoms with van der Waals surface area (Å²) in [6, 6.07) is 12.9. The molecule has 4 rings (SSSR count). The number of imidazole rings is 1. The van der Waals surface area contributed by atoms with Gasteiger partial charge < -0.3 is 4.84 Å². The molecule has 6 nitrogen and oxygen atoms in total. The number of aromatic nitrogens is 2. The van der Waals surface area contributed by atoms with Gasteiger partial charge in [0.2, 0.25) is 0 Å². The molecule has 0 unspecified atom stereocenters. The molecule has 0 aliphatic carbocycles. The molecule has 0 radical (unpaired) electrons. The molecule has 1 N–H and O–H groups in total. The molecule has 2 heterocycles. The third-order valence-electron chi connectivity index (χ3n) is 4.96. The van der Waals surface area contributed by atoms with Crippen LogP contribution in [0.2, 0.25) is 0 Å². The highest BCUT2D eigenvalue weighted by atomic mass is 32.2. The molecule has 0 spiro atoms. The fourth-order valence-corrected chi connectivity index (χ4v) is 4.20. The molecular formula is C22H18F3N3O3S. The smallest absolute Gasteiger partial charge is 0.393 e. The Kier molecular flexibility index (Phi) is 5.43. The van der Waals surface area contributed by atoms with E-state index >= 15 is 0 Å². The van der Waals surface area contributed by atoms with E-state index in [1.807, 2.05) is 11.8 Å². The minimum absolute atomic E-state index is 0.0399. The van der Waals surface area contributed by atoms with Crippen LogP contribution in [0.25, 0.3) is 16.9 Å². The molecule has 0 bridgehead atoms. The molecule has 0 fully saturated rings. The maximum absolute atomic E-state index is 13.8. The predicted octanol–water partition coefficient (Wildman–Crippen LogP) is 4.91. The van der Waals surface area contributed by atoms with Crippen LogP contribution in [0.5, 0.6) is 5.75 Å². The van der Waals surface area contributed by atoms with Crippen LogP contribution in [0.3, 0.4) is 0 Å². The van der Waals surface area contributed by atoms with Gasteiger partial charge in [0.25, 0.3) is 10.0 Å². The predicted molar refractivity (Wildman–Crippen MR) is 112 cm³/mol. The van der Waals surface area contributed by atoms with Gasteiger partial charge in [-0.3, -0.25) is 4.40 Å². The van der Waals surface area contributed by atoms with E-state index in [1.54, 1.807) is 40.9 Å². The summed E-state index contributed by atoms with van der Waals surface area (Å²) in [7, 11) is -4.03. The Labute approximate surface area is 182 Å². The van der Waals surface area contributed by atoms with Crippen molar-refractivity contribution >= 4 is 15.7 Å². The molecular weight excluding hydrogens is 443 g/mol. The topological polar surface area (TPSA) is 72.7 Å². The van der Waals surface area contributed by atoms with Gasteiger partial charge in [0.1, 0.15) is 5.65 Å². The van der Waals surface area contributed by atoms with Crippen LogP contribution >= 0.6 is 0 Å². The van der Waals surface area contributed by atoms with E-state index in [-0.39, 0.29) is 27.5 Å². The lowest BCUT2D eigenvalue weighted by Crippen LogP contribution is -2.27. The van der Waals surface area contributed by atoms with Gasteiger partial charge in [0.05, 0.1) is 22.3 Å². The summed E-state index contributed by atoms with van der Waals surface area (Å²) in [6.45, 7) is 3.29. The Bertz CT molecular complexity index is 1400. The average molecular weight is 461 g/mol. The van der Waals surface area contributed by atoms with Gasteiger partial charge in [0.15, 0.2) is 5.75 Å². The SMILES string of the molecule is Cc1ccn2c(-c3c(C(F)(F)F)ccc(ONS(=O)(=O)c4ccccc4)c3C)cnc2c1. The quantitative estimate of drug-likeness (QED) is 0.429. The number of hydrogen-bond acceptors (Lipinski definition) is 4. The standard InChI is InChI=1S/C22H18F3N3O3S/c1-14-10-11-28-18(13-26-20(28)12-14)21-15(2)19(9-8-17(21)22(23,24)25)31-27-32(29,30)16-6-4-3-5-7-16/h3-13,27H,1-2H3. The Hall–Kier alpha value is -3.37. The van der Waals surface area contributed by atoms with Crippen molar-refractivity contribution < 1.29 is 26.4 Å². The van der Waals surface area contributed by atoms with E-state index in [4.69, 9.17) is 4.84 Å². The second kappa shape index (κ2) is 7.95. The summed E-state index contributed by atoms with van der Waals surface area (Å²) < 4.78 is 67.9. The van der Waals surface area contributed by atoms with Crippen LogP contribution in [-0.2, 0) is 16.2 Å². The zero-order valence-corrected chi connectivity index (χ0v) is 17.8. The zero-order chi connectivity index (χ0) is 23.1. The number of nitrogens with zero attached hydrogens (tertiary/aromatic N) is 2. The van der Waals surface area contributed by atoms with E-state index in [9.17, 15) is 21.6 Å². The van der Waals surface area contributed by atoms with Gasteiger partial charge in [-0.05, 0) is 60.7 Å². The third kappa shape index (κ3) is 4.06. The number of benzene rings is 2. The van der Waals surface area contributed by atoms with E-state index < -0.39 is 21.8 Å². The molecule has 0 amide bonds. The second-order valence-electron chi connectivity index (χ2n) is 7.19. The molecule has 166 valence electrons. The summed E-state index contributed by atoms with van der Waals surface area (Å²) >= 11 is 0. The Balaban J connectivity index is 1.80. The Morgan fingerprint density at radius 2 is 1.75 bits per heavy atom. The first-order valence-electron chi connectivity index (χ1n) is 9.46. The summed E-state index contributed by atoms with van der Waals surface area (Å²) in [5.74, 6) is -0.0606. The van der Waals surface area contributed by atoms with Gasteiger partial charge in [-0.2, -0.15) is 13.2 Å². The van der Waals surface area contributed by atoms with Crippen molar-refractivity contribution in [3.63, 3.8) is 0 Å². The summed E-state index contributed by atoms with van der Waals surface area (Å²) in [4.78, 5) is 11.4. The zero-order valence-electron chi connectivity index (χ0n) is 17.0. The van der Waals surface area contributed by atoms with E-state index in [0.717, 1.165) is 17.7 Å². The van der Waals surface area contributed by atoms with Gasteiger partial charge in [-0.25, -0.2) is 13.4 Å². The van der Waals surface area contributed by atoms with Crippen molar-refractivity contribution in [2.75, 3.05) is 0 Å². The number of pyridine rings is 1. The molecule has 4 aromatic rings. The van der Waals surface area contributed by atoms with E-state index in [1.165, 1.54) is 25.3 Å². The normalized spacial score (nSPS) is 12.3. The van der Waals surface area contributed by atoms with Gasteiger partial charge >= 0.3 is 6.18 Å². The number of rotatable bonds is 5. The van der Waals surface area contributed by atoms with Crippen LogP contribution in [0.4, 0.5) is 13.2 Å². The molecule has 10 heteroatoms. The number of halogens is 3. The monoisotopic (exact) mass is 461 g/mol. The molecule has 0 saturated carbocycles. The summed E-state index contributed by atoms with van der Waals surface area (Å²) in [6.07, 6.45) is -1.65. The fraction of sp³-hybridized carbons (Fsp3) is 0.136. The maximum atomic E-state index is 13.8. The number of hydrogen-bond donors (Lipinski definition) is 1. The molecule has 0 atom stereocenters. The largest absolute Gasteiger partial charge is 0.417 e. The Morgan fingerprint density at radius 3 is 2.44 bits per heavy atom. The highest BCUT2D eigenvalue weighted by molar-refractivity contribution is 7.89. The summed E-state index contributed by atoms with van der Waals surface area (Å²) in [5.41, 5.74) is 0.693. The first kappa shape index (κ1) is 21.8. The fourth-order valence-electron chi connectivity index (χ4n) is 3.38. The van der Waals surface area contributed by atoms with Crippen LogP contribution < -0.4 is 9.72 Å². The summed E-state index contributed by atoms with van der Waals surface area (Å²) in [5, 5.41) is 0. The lowest BCUT2D eigenvalue weighted by atomic mass is 9.98. The van der Waals surface area contributed by atoms with E-state index in [0.29, 0.717) is 5.65 Å². The van der Waals surface area contributed by atoms with Crippen molar-refractivity contribution in [1.82, 2.24) is 14.3 Å². The number of aryl methyl sites for hydroxylation is 1. The second-order valence-corrected chi connectivity index (χ2v) is 8.83. The number of sulfonamides is 1. The van der Waals surface area contributed by atoms with Gasteiger partial charge in [0, 0.05) is 17.3 Å². The molecule has 0 saturated heterocycles. The van der Waals surface area contributed by atoms with Crippen molar-refractivity contribution in [1.29, 1.82) is 0 Å². The maximum Gasteiger partial charge on any atom is 0.417 e. The van der Waals surface area contributed by atoms with Crippen LogP contribution in [-0.4, -0.2) is 17.8 Å². The van der Waals surface area contributed by atoms with Crippen LogP contribution in [0, 0.1) is 13.8 Å². The number of nitrogens with one attached hydrogen (secondary N) is 1. The average Bonchev–Trinajstić information content (AvgIpc) is 3.15. The molecule has 2 aromatic carbocycles. The highest BCUT2D eigenvalue weighted by Gasteiger charge is 2.36.